The minimum atomic E-state index is -1.46. The minimum absolute atomic E-state index is 0.263. The molecule has 2 aliphatic heterocycles. The number of rotatable bonds is 7. The Morgan fingerprint density at radius 1 is 1.20 bits per heavy atom. The highest BCUT2D eigenvalue weighted by Gasteiger charge is 2.40. The van der Waals surface area contributed by atoms with E-state index in [0.29, 0.717) is 18.4 Å². The summed E-state index contributed by atoms with van der Waals surface area (Å²) in [5, 5.41) is 9.94. The van der Waals surface area contributed by atoms with Gasteiger partial charge in [-0.25, -0.2) is 4.79 Å². The SMILES string of the molecule is COc1cc2c(cc1OC)[C@H]1C[C@@H](COC(=O)C(C)(C)O)[C@H](CC(C)C)CN1CC2. The van der Waals surface area contributed by atoms with Crippen molar-refractivity contribution in [3.05, 3.63) is 23.3 Å². The molecule has 3 atom stereocenters. The van der Waals surface area contributed by atoms with Crippen LogP contribution in [0.2, 0.25) is 0 Å². The topological polar surface area (TPSA) is 68.2 Å². The lowest BCUT2D eigenvalue weighted by atomic mass is 9.74. The van der Waals surface area contributed by atoms with E-state index in [1.54, 1.807) is 14.2 Å². The van der Waals surface area contributed by atoms with Gasteiger partial charge in [-0.15, -0.1) is 0 Å². The molecule has 1 fully saturated rings. The number of benzene rings is 1. The molecule has 6 heteroatoms. The van der Waals surface area contributed by atoms with E-state index in [0.717, 1.165) is 43.9 Å². The number of hydrogen-bond acceptors (Lipinski definition) is 6. The van der Waals surface area contributed by atoms with Gasteiger partial charge in [0.25, 0.3) is 0 Å². The van der Waals surface area contributed by atoms with Crippen LogP contribution < -0.4 is 9.47 Å². The molecule has 1 N–H and O–H groups in total. The molecule has 168 valence electrons. The third kappa shape index (κ3) is 4.92. The molecule has 0 amide bonds. The molecule has 1 aromatic rings. The first-order valence-corrected chi connectivity index (χ1v) is 11.0. The zero-order valence-electron chi connectivity index (χ0n) is 19.2. The summed E-state index contributed by atoms with van der Waals surface area (Å²) in [7, 11) is 3.34. The molecule has 6 nitrogen and oxygen atoms in total. The number of piperidine rings is 1. The third-order valence-electron chi connectivity index (χ3n) is 6.48. The van der Waals surface area contributed by atoms with Gasteiger partial charge in [-0.1, -0.05) is 13.8 Å². The number of esters is 1. The van der Waals surface area contributed by atoms with Crippen molar-refractivity contribution in [2.24, 2.45) is 17.8 Å². The Labute approximate surface area is 180 Å². The van der Waals surface area contributed by atoms with Crippen LogP contribution in [0.25, 0.3) is 0 Å². The van der Waals surface area contributed by atoms with E-state index >= 15 is 0 Å². The fraction of sp³-hybridized carbons (Fsp3) is 0.708. The van der Waals surface area contributed by atoms with Gasteiger partial charge < -0.3 is 19.3 Å². The van der Waals surface area contributed by atoms with Crippen molar-refractivity contribution in [2.45, 2.75) is 58.6 Å². The molecule has 2 aliphatic rings. The summed E-state index contributed by atoms with van der Waals surface area (Å²) < 4.78 is 16.6. The van der Waals surface area contributed by atoms with E-state index in [1.165, 1.54) is 25.0 Å². The number of carbonyl (C=O) groups is 1. The van der Waals surface area contributed by atoms with E-state index in [9.17, 15) is 9.90 Å². The minimum Gasteiger partial charge on any atom is -0.493 e. The molecule has 3 rings (SSSR count). The number of aliphatic hydroxyl groups is 1. The zero-order valence-corrected chi connectivity index (χ0v) is 19.2. The molecular formula is C24H37NO5. The molecule has 2 heterocycles. The molecule has 0 radical (unpaired) electrons. The monoisotopic (exact) mass is 419 g/mol. The van der Waals surface area contributed by atoms with Gasteiger partial charge in [0, 0.05) is 19.1 Å². The van der Waals surface area contributed by atoms with Crippen molar-refractivity contribution in [1.29, 1.82) is 0 Å². The first kappa shape index (κ1) is 22.9. The second kappa shape index (κ2) is 9.15. The molecule has 1 saturated heterocycles. The van der Waals surface area contributed by atoms with Crippen LogP contribution in [0.4, 0.5) is 0 Å². The maximum absolute atomic E-state index is 12.2. The van der Waals surface area contributed by atoms with Gasteiger partial charge in [-0.05, 0) is 74.1 Å². The molecular weight excluding hydrogens is 382 g/mol. The predicted molar refractivity (Wildman–Crippen MR) is 116 cm³/mol. The number of ether oxygens (including phenoxy) is 3. The fourth-order valence-electron chi connectivity index (χ4n) is 4.94. The normalized spacial score (nSPS) is 24.2. The van der Waals surface area contributed by atoms with Gasteiger partial charge >= 0.3 is 5.97 Å². The van der Waals surface area contributed by atoms with Crippen LogP contribution in [-0.4, -0.2) is 55.5 Å². The fourth-order valence-corrected chi connectivity index (χ4v) is 4.94. The van der Waals surface area contributed by atoms with E-state index in [4.69, 9.17) is 14.2 Å². The smallest absolute Gasteiger partial charge is 0.337 e. The zero-order chi connectivity index (χ0) is 22.1. The molecule has 0 bridgehead atoms. The predicted octanol–water partition coefficient (Wildman–Crippen LogP) is 3.60. The maximum Gasteiger partial charge on any atom is 0.337 e. The van der Waals surface area contributed by atoms with Crippen LogP contribution >= 0.6 is 0 Å². The Kier molecular flexibility index (Phi) is 6.98. The first-order valence-electron chi connectivity index (χ1n) is 11.0. The van der Waals surface area contributed by atoms with Crippen LogP contribution in [0.5, 0.6) is 11.5 Å². The number of methoxy groups -OCH3 is 2. The molecule has 0 aromatic heterocycles. The Morgan fingerprint density at radius 3 is 2.47 bits per heavy atom. The van der Waals surface area contributed by atoms with Crippen molar-refractivity contribution in [3.63, 3.8) is 0 Å². The Morgan fingerprint density at radius 2 is 1.87 bits per heavy atom. The van der Waals surface area contributed by atoms with Crippen molar-refractivity contribution in [1.82, 2.24) is 4.90 Å². The van der Waals surface area contributed by atoms with E-state index in [1.807, 2.05) is 0 Å². The van der Waals surface area contributed by atoms with Crippen molar-refractivity contribution >= 4 is 5.97 Å². The number of fused-ring (bicyclic) bond motifs is 3. The van der Waals surface area contributed by atoms with Crippen LogP contribution in [0.1, 0.15) is 57.7 Å². The Balaban J connectivity index is 1.84. The second-order valence-electron chi connectivity index (χ2n) is 9.71. The summed E-state index contributed by atoms with van der Waals surface area (Å²) in [6.45, 7) is 9.82. The number of hydrogen-bond donors (Lipinski definition) is 1. The maximum atomic E-state index is 12.2. The largest absolute Gasteiger partial charge is 0.493 e. The van der Waals surface area contributed by atoms with E-state index in [2.05, 4.69) is 30.9 Å². The lowest BCUT2D eigenvalue weighted by Gasteiger charge is -2.47. The summed E-state index contributed by atoms with van der Waals surface area (Å²) in [6, 6.07) is 4.51. The number of nitrogens with zero attached hydrogens (tertiary/aromatic N) is 1. The third-order valence-corrected chi connectivity index (χ3v) is 6.48. The molecule has 1 aromatic carbocycles. The van der Waals surface area contributed by atoms with Crippen LogP contribution in [0, 0.1) is 17.8 Å². The average Bonchev–Trinajstić information content (AvgIpc) is 2.69. The van der Waals surface area contributed by atoms with E-state index in [-0.39, 0.29) is 12.0 Å². The summed E-state index contributed by atoms with van der Waals surface area (Å²) in [6.07, 6.45) is 3.03. The second-order valence-corrected chi connectivity index (χ2v) is 9.71. The molecule has 0 saturated carbocycles. The van der Waals surface area contributed by atoms with Crippen molar-refractivity contribution in [3.8, 4) is 11.5 Å². The van der Waals surface area contributed by atoms with Crippen molar-refractivity contribution < 1.29 is 24.1 Å². The van der Waals surface area contributed by atoms with Crippen LogP contribution in [0.15, 0.2) is 12.1 Å². The van der Waals surface area contributed by atoms with Gasteiger partial charge in [-0.3, -0.25) is 4.90 Å². The highest BCUT2D eigenvalue weighted by molar-refractivity contribution is 5.78. The Hall–Kier alpha value is -1.79. The lowest BCUT2D eigenvalue weighted by Crippen LogP contribution is -2.48. The summed E-state index contributed by atoms with van der Waals surface area (Å²) in [4.78, 5) is 14.7. The highest BCUT2D eigenvalue weighted by Crippen LogP contribution is 2.45. The van der Waals surface area contributed by atoms with Gasteiger partial charge in [0.1, 0.15) is 0 Å². The molecule has 30 heavy (non-hydrogen) atoms. The quantitative estimate of drug-likeness (QED) is 0.681. The van der Waals surface area contributed by atoms with Gasteiger partial charge in [0.2, 0.25) is 0 Å². The van der Waals surface area contributed by atoms with Gasteiger partial charge in [0.15, 0.2) is 17.1 Å². The summed E-state index contributed by atoms with van der Waals surface area (Å²) in [5.74, 6) is 2.29. The average molecular weight is 420 g/mol. The summed E-state index contributed by atoms with van der Waals surface area (Å²) >= 11 is 0. The molecule has 0 aliphatic carbocycles. The molecule has 0 unspecified atom stereocenters. The standard InChI is InChI=1S/C24H37NO5/c1-15(2)9-17-13-25-8-7-16-11-21(28-5)22(29-6)12-19(16)20(25)10-18(17)14-30-23(26)24(3,4)27/h11-12,15,17-18,20,27H,7-10,13-14H2,1-6H3/t17-,18+,20-/m1/s1. The first-order chi connectivity index (χ1) is 14.1. The van der Waals surface area contributed by atoms with Crippen molar-refractivity contribution in [2.75, 3.05) is 33.9 Å². The van der Waals surface area contributed by atoms with Gasteiger partial charge in [-0.2, -0.15) is 0 Å². The number of carbonyl (C=O) groups excluding carboxylic acids is 1. The lowest BCUT2D eigenvalue weighted by molar-refractivity contribution is -0.165. The van der Waals surface area contributed by atoms with Crippen LogP contribution in [0.3, 0.4) is 0 Å². The van der Waals surface area contributed by atoms with E-state index < -0.39 is 11.6 Å². The van der Waals surface area contributed by atoms with Gasteiger partial charge in [0.05, 0.1) is 20.8 Å². The highest BCUT2D eigenvalue weighted by atomic mass is 16.5. The molecule has 0 spiro atoms. The van der Waals surface area contributed by atoms with Crippen LogP contribution in [-0.2, 0) is 16.0 Å². The summed E-state index contributed by atoms with van der Waals surface area (Å²) in [5.41, 5.74) is 1.14. The Bertz CT molecular complexity index is 755.